The first-order chi connectivity index (χ1) is 10.2. The highest BCUT2D eigenvalue weighted by Crippen LogP contribution is 2.29. The average molecular weight is 315 g/mol. The number of benzene rings is 1. The van der Waals surface area contributed by atoms with E-state index in [-0.39, 0.29) is 0 Å². The molecule has 0 unspecified atom stereocenters. The third kappa shape index (κ3) is 3.17. The Hall–Kier alpha value is -2.05. The number of amidine groups is 1. The largest absolute Gasteiger partial charge is 0.300 e. The number of aromatic nitrogens is 2. The van der Waals surface area contributed by atoms with Gasteiger partial charge in [0.05, 0.1) is 10.6 Å². The molecule has 0 aliphatic carbocycles. The third-order valence-corrected chi connectivity index (χ3v) is 4.62. The Morgan fingerprint density at radius 3 is 2.71 bits per heavy atom. The molecule has 0 spiro atoms. The molecule has 4 nitrogen and oxygen atoms in total. The molecule has 0 aliphatic rings. The van der Waals surface area contributed by atoms with E-state index in [4.69, 9.17) is 16.2 Å². The van der Waals surface area contributed by atoms with Gasteiger partial charge in [-0.3, -0.25) is 11.1 Å². The van der Waals surface area contributed by atoms with Crippen LogP contribution in [-0.4, -0.2) is 14.9 Å². The zero-order valence-corrected chi connectivity index (χ0v) is 12.9. The molecule has 0 radical (unpaired) electrons. The molecule has 2 heterocycles. The normalized spacial score (nSPS) is 10.7. The molecule has 6 heteroatoms. The van der Waals surface area contributed by atoms with E-state index < -0.39 is 0 Å². The van der Waals surface area contributed by atoms with Gasteiger partial charge >= 0.3 is 0 Å². The van der Waals surface area contributed by atoms with Crippen molar-refractivity contribution in [1.29, 1.82) is 0 Å². The van der Waals surface area contributed by atoms with Crippen LogP contribution in [-0.2, 0) is 5.75 Å². The Morgan fingerprint density at radius 2 is 2.05 bits per heavy atom. The fourth-order valence-corrected chi connectivity index (χ4v) is 3.29. The summed E-state index contributed by atoms with van der Waals surface area (Å²) in [5, 5.41) is 12.7. The third-order valence-electron chi connectivity index (χ3n) is 2.96. The minimum atomic E-state index is 0.375. The van der Waals surface area contributed by atoms with Gasteiger partial charge in [0.25, 0.3) is 5.17 Å². The maximum atomic E-state index is 5.56. The highest BCUT2D eigenvalue weighted by Gasteiger charge is 2.14. The molecule has 0 saturated heterocycles. The predicted octanol–water partition coefficient (Wildman–Crippen LogP) is 1.91. The Bertz CT molecular complexity index is 732. The molecule has 0 aliphatic heterocycles. The second kappa shape index (κ2) is 6.15. The second-order valence-corrected chi connectivity index (χ2v) is 6.45. The lowest BCUT2D eigenvalue weighted by atomic mass is 10.2. The van der Waals surface area contributed by atoms with Gasteiger partial charge in [0.15, 0.2) is 0 Å². The van der Waals surface area contributed by atoms with E-state index >= 15 is 0 Å². The number of hydrogen-bond donors (Lipinski definition) is 2. The molecule has 4 N–H and O–H groups in total. The van der Waals surface area contributed by atoms with Crippen molar-refractivity contribution in [2.75, 3.05) is 0 Å². The lowest BCUT2D eigenvalue weighted by Gasteiger charge is -1.99. The van der Waals surface area contributed by atoms with Crippen LogP contribution < -0.4 is 11.1 Å². The molecular formula is C15H15N4S2+. The van der Waals surface area contributed by atoms with E-state index in [1.54, 1.807) is 11.3 Å². The van der Waals surface area contributed by atoms with Crippen molar-refractivity contribution in [2.45, 2.75) is 5.75 Å². The van der Waals surface area contributed by atoms with Crippen LogP contribution in [0.1, 0.15) is 5.56 Å². The minimum Gasteiger partial charge on any atom is -0.282 e. The summed E-state index contributed by atoms with van der Waals surface area (Å²) in [5.74, 6) is 0.711. The Kier molecular flexibility index (Phi) is 4.08. The van der Waals surface area contributed by atoms with Crippen LogP contribution in [0.5, 0.6) is 0 Å². The fourth-order valence-electron chi connectivity index (χ4n) is 2.01. The van der Waals surface area contributed by atoms with Crippen LogP contribution in [0.4, 0.5) is 0 Å². The van der Waals surface area contributed by atoms with Crippen LogP contribution in [0.25, 0.3) is 16.3 Å². The van der Waals surface area contributed by atoms with Gasteiger partial charge in [-0.1, -0.05) is 24.3 Å². The number of para-hydroxylation sites is 1. The summed E-state index contributed by atoms with van der Waals surface area (Å²) < 4.78 is 1.90. The van der Waals surface area contributed by atoms with Crippen molar-refractivity contribution in [1.82, 2.24) is 9.78 Å². The number of nitrogens with two attached hydrogens (primary N) is 2. The summed E-state index contributed by atoms with van der Waals surface area (Å²) in [6.07, 6.45) is 2.04. The lowest BCUT2D eigenvalue weighted by molar-refractivity contribution is -0.110. The number of thioether (sulfide) groups is 1. The van der Waals surface area contributed by atoms with Gasteiger partial charge in [-0.05, 0) is 35.3 Å². The Balaban J connectivity index is 2.00. The molecule has 2 aromatic heterocycles. The monoisotopic (exact) mass is 315 g/mol. The van der Waals surface area contributed by atoms with E-state index in [1.807, 2.05) is 47.3 Å². The molecule has 0 fully saturated rings. The highest BCUT2D eigenvalue weighted by molar-refractivity contribution is 8.12. The average Bonchev–Trinajstić information content (AvgIpc) is 3.15. The van der Waals surface area contributed by atoms with Gasteiger partial charge in [0.1, 0.15) is 5.69 Å². The first-order valence-electron chi connectivity index (χ1n) is 6.42. The molecule has 0 bridgehead atoms. The zero-order valence-electron chi connectivity index (χ0n) is 11.3. The molecule has 0 amide bonds. The molecule has 3 rings (SSSR count). The van der Waals surface area contributed by atoms with Gasteiger partial charge in [0, 0.05) is 17.5 Å². The van der Waals surface area contributed by atoms with E-state index in [9.17, 15) is 0 Å². The van der Waals surface area contributed by atoms with Crippen molar-refractivity contribution in [3.63, 3.8) is 0 Å². The summed E-state index contributed by atoms with van der Waals surface area (Å²) in [4.78, 5) is 1.15. The first kappa shape index (κ1) is 13.9. The Labute approximate surface area is 131 Å². The topological polar surface area (TPSA) is 69.4 Å². The Morgan fingerprint density at radius 1 is 1.24 bits per heavy atom. The predicted molar refractivity (Wildman–Crippen MR) is 89.3 cm³/mol. The molecule has 0 saturated carbocycles. The first-order valence-corrected chi connectivity index (χ1v) is 8.29. The van der Waals surface area contributed by atoms with Crippen LogP contribution >= 0.6 is 23.1 Å². The van der Waals surface area contributed by atoms with Crippen molar-refractivity contribution in [3.8, 4) is 16.3 Å². The highest BCUT2D eigenvalue weighted by atomic mass is 32.2. The maximum absolute atomic E-state index is 5.56. The number of hydrogen-bond acceptors (Lipinski definition) is 3. The summed E-state index contributed by atoms with van der Waals surface area (Å²) in [7, 11) is 0. The summed E-state index contributed by atoms with van der Waals surface area (Å²) in [5.41, 5.74) is 8.71. The molecule has 0 atom stereocenters. The number of nitrogens with zero attached hydrogens (tertiary/aromatic N) is 2. The molecular weight excluding hydrogens is 300 g/mol. The zero-order chi connectivity index (χ0) is 14.7. The van der Waals surface area contributed by atoms with Crippen molar-refractivity contribution < 1.29 is 5.41 Å². The summed E-state index contributed by atoms with van der Waals surface area (Å²) in [6, 6.07) is 14.2. The van der Waals surface area contributed by atoms with Crippen molar-refractivity contribution in [3.05, 3.63) is 59.6 Å². The van der Waals surface area contributed by atoms with E-state index in [2.05, 4.69) is 11.4 Å². The van der Waals surface area contributed by atoms with Crippen molar-refractivity contribution >= 4 is 28.3 Å². The van der Waals surface area contributed by atoms with Gasteiger partial charge in [-0.2, -0.15) is 5.10 Å². The smallest absolute Gasteiger partial charge is 0.282 e. The van der Waals surface area contributed by atoms with Gasteiger partial charge < -0.3 is 0 Å². The van der Waals surface area contributed by atoms with E-state index in [0.29, 0.717) is 10.9 Å². The molecule has 1 aromatic carbocycles. The number of thiophene rings is 1. The van der Waals surface area contributed by atoms with Crippen LogP contribution in [0.3, 0.4) is 0 Å². The van der Waals surface area contributed by atoms with E-state index in [1.165, 1.54) is 11.8 Å². The van der Waals surface area contributed by atoms with Crippen LogP contribution in [0.15, 0.2) is 54.0 Å². The second-order valence-electron chi connectivity index (χ2n) is 4.45. The quantitative estimate of drug-likeness (QED) is 0.571. The molecule has 3 aromatic rings. The minimum absolute atomic E-state index is 0.375. The van der Waals surface area contributed by atoms with Crippen molar-refractivity contribution in [2.24, 2.45) is 5.73 Å². The standard InChI is InChI=1S/C15H14N4S2/c16-15(17)21-10-11-9-19(12-5-2-1-3-6-12)18-14(11)13-7-4-8-20-13/h1-9H,10H2,(H3,16,17)/p+1. The molecule has 21 heavy (non-hydrogen) atoms. The van der Waals surface area contributed by atoms with Gasteiger partial charge in [-0.15, -0.1) is 11.3 Å². The van der Waals surface area contributed by atoms with Gasteiger partial charge in [-0.25, -0.2) is 4.68 Å². The summed E-state index contributed by atoms with van der Waals surface area (Å²) >= 11 is 3.11. The molecule has 106 valence electrons. The van der Waals surface area contributed by atoms with Gasteiger partial charge in [0.2, 0.25) is 0 Å². The van der Waals surface area contributed by atoms with Crippen LogP contribution in [0, 0.1) is 0 Å². The summed E-state index contributed by atoms with van der Waals surface area (Å²) in [6.45, 7) is 0. The van der Waals surface area contributed by atoms with E-state index in [0.717, 1.165) is 21.8 Å². The number of rotatable bonds is 4. The maximum Gasteiger partial charge on any atom is 0.300 e. The SMILES string of the molecule is NC(=[NH2+])SCc1cn(-c2ccccc2)nc1-c1cccs1. The lowest BCUT2D eigenvalue weighted by Crippen LogP contribution is -2.43. The van der Waals surface area contributed by atoms with Crippen LogP contribution in [0.2, 0.25) is 0 Å². The fraction of sp³-hybridized carbons (Fsp3) is 0.0667.